The van der Waals surface area contributed by atoms with Crippen molar-refractivity contribution in [1.82, 2.24) is 0 Å². The highest BCUT2D eigenvalue weighted by molar-refractivity contribution is 5.54. The number of aryl methyl sites for hydroxylation is 2. The molecule has 21 heavy (non-hydrogen) atoms. The van der Waals surface area contributed by atoms with Crippen LogP contribution in [-0.2, 0) is 12.8 Å². The van der Waals surface area contributed by atoms with Gasteiger partial charge in [-0.3, -0.25) is 0 Å². The normalized spacial score (nSPS) is 10.6. The molecule has 0 radical (unpaired) electrons. The van der Waals surface area contributed by atoms with Gasteiger partial charge in [0, 0.05) is 12.1 Å². The summed E-state index contributed by atoms with van der Waals surface area (Å²) in [4.78, 5) is 0. The highest BCUT2D eigenvalue weighted by Gasteiger charge is 2.13. The third-order valence-corrected chi connectivity index (χ3v) is 3.30. The van der Waals surface area contributed by atoms with Crippen LogP contribution in [0.2, 0.25) is 0 Å². The molecule has 0 aromatic heterocycles. The van der Waals surface area contributed by atoms with E-state index >= 15 is 0 Å². The van der Waals surface area contributed by atoms with Gasteiger partial charge in [-0.1, -0.05) is 13.8 Å². The van der Waals surface area contributed by atoms with Crippen molar-refractivity contribution in [2.24, 2.45) is 0 Å². The quantitative estimate of drug-likeness (QED) is 0.648. The predicted octanol–water partition coefficient (Wildman–Crippen LogP) is 3.43. The zero-order valence-corrected chi connectivity index (χ0v) is 11.9. The van der Waals surface area contributed by atoms with Crippen LogP contribution in [0.5, 0.6) is 34.5 Å². The van der Waals surface area contributed by atoms with Crippen LogP contribution in [-0.4, -0.2) is 20.4 Å². The first-order valence-corrected chi connectivity index (χ1v) is 6.73. The van der Waals surface area contributed by atoms with Gasteiger partial charge >= 0.3 is 0 Å². The van der Waals surface area contributed by atoms with E-state index in [0.717, 1.165) is 11.1 Å². The third kappa shape index (κ3) is 2.97. The number of phenols is 4. The van der Waals surface area contributed by atoms with E-state index in [-0.39, 0.29) is 23.0 Å². The molecule has 5 heteroatoms. The fraction of sp³-hybridized carbons (Fsp3) is 0.250. The zero-order valence-electron chi connectivity index (χ0n) is 11.9. The summed E-state index contributed by atoms with van der Waals surface area (Å²) < 4.78 is 5.75. The molecule has 2 rings (SSSR count). The zero-order chi connectivity index (χ0) is 15.6. The Labute approximate surface area is 122 Å². The molecule has 0 saturated carbocycles. The summed E-state index contributed by atoms with van der Waals surface area (Å²) in [6.07, 6.45) is 1.21. The van der Waals surface area contributed by atoms with E-state index in [1.54, 1.807) is 0 Å². The number of benzene rings is 2. The minimum Gasteiger partial charge on any atom is -0.504 e. The van der Waals surface area contributed by atoms with Crippen LogP contribution in [0.15, 0.2) is 24.3 Å². The maximum atomic E-state index is 9.60. The van der Waals surface area contributed by atoms with Gasteiger partial charge in [-0.2, -0.15) is 0 Å². The van der Waals surface area contributed by atoms with Crippen molar-refractivity contribution in [2.75, 3.05) is 0 Å². The van der Waals surface area contributed by atoms with Crippen molar-refractivity contribution in [3.63, 3.8) is 0 Å². The monoisotopic (exact) mass is 290 g/mol. The number of ether oxygens (including phenoxy) is 1. The smallest absolute Gasteiger partial charge is 0.161 e. The van der Waals surface area contributed by atoms with E-state index in [1.165, 1.54) is 24.3 Å². The van der Waals surface area contributed by atoms with Crippen LogP contribution in [0, 0.1) is 0 Å². The van der Waals surface area contributed by atoms with Gasteiger partial charge in [0.15, 0.2) is 23.0 Å². The molecule has 4 N–H and O–H groups in total. The maximum Gasteiger partial charge on any atom is 0.161 e. The number of phenolic OH excluding ortho intramolecular Hbond substituents is 4. The van der Waals surface area contributed by atoms with Crippen LogP contribution in [0.4, 0.5) is 0 Å². The lowest BCUT2D eigenvalue weighted by atomic mass is 10.1. The van der Waals surface area contributed by atoms with E-state index in [2.05, 4.69) is 0 Å². The van der Waals surface area contributed by atoms with Gasteiger partial charge in [0.1, 0.15) is 11.5 Å². The van der Waals surface area contributed by atoms with Crippen molar-refractivity contribution in [1.29, 1.82) is 0 Å². The lowest BCUT2D eigenvalue weighted by molar-refractivity contribution is 0.389. The van der Waals surface area contributed by atoms with E-state index in [4.69, 9.17) is 4.74 Å². The minimum absolute atomic E-state index is 0.205. The Morgan fingerprint density at radius 1 is 0.667 bits per heavy atom. The van der Waals surface area contributed by atoms with E-state index in [9.17, 15) is 20.4 Å². The molecular weight excluding hydrogens is 272 g/mol. The molecule has 5 nitrogen and oxygen atoms in total. The van der Waals surface area contributed by atoms with Crippen molar-refractivity contribution < 1.29 is 25.2 Å². The predicted molar refractivity (Wildman–Crippen MR) is 78.4 cm³/mol. The van der Waals surface area contributed by atoms with Crippen molar-refractivity contribution >= 4 is 0 Å². The molecule has 0 spiro atoms. The second-order valence-electron chi connectivity index (χ2n) is 4.71. The van der Waals surface area contributed by atoms with Gasteiger partial charge in [0.25, 0.3) is 0 Å². The fourth-order valence-electron chi connectivity index (χ4n) is 2.06. The standard InChI is InChI=1S/C16H18O5/c1-3-9-5-11(17)13(19)7-15(9)21-16-8-14(20)12(18)6-10(16)4-2/h5-8,17-20H,3-4H2,1-2H3. The second-order valence-corrected chi connectivity index (χ2v) is 4.71. The molecule has 0 aliphatic rings. The van der Waals surface area contributed by atoms with E-state index < -0.39 is 0 Å². The molecule has 112 valence electrons. The van der Waals surface area contributed by atoms with Crippen LogP contribution < -0.4 is 4.74 Å². The van der Waals surface area contributed by atoms with Gasteiger partial charge in [0.05, 0.1) is 0 Å². The summed E-state index contributed by atoms with van der Waals surface area (Å²) >= 11 is 0. The van der Waals surface area contributed by atoms with Gasteiger partial charge in [-0.05, 0) is 36.1 Å². The van der Waals surface area contributed by atoms with Crippen molar-refractivity contribution in [2.45, 2.75) is 26.7 Å². The van der Waals surface area contributed by atoms with Crippen LogP contribution in [0.3, 0.4) is 0 Å². The van der Waals surface area contributed by atoms with Gasteiger partial charge in [-0.15, -0.1) is 0 Å². The van der Waals surface area contributed by atoms with Crippen LogP contribution in [0.25, 0.3) is 0 Å². The molecule has 0 saturated heterocycles. The molecule has 2 aromatic carbocycles. The molecule has 0 amide bonds. The molecule has 0 aliphatic heterocycles. The Hall–Kier alpha value is -2.56. The summed E-state index contributed by atoms with van der Waals surface area (Å²) in [5.41, 5.74) is 1.44. The first kappa shape index (κ1) is 14.8. The van der Waals surface area contributed by atoms with Crippen molar-refractivity contribution in [3.05, 3.63) is 35.4 Å². The van der Waals surface area contributed by atoms with Crippen LogP contribution in [0.1, 0.15) is 25.0 Å². The Morgan fingerprint density at radius 3 is 1.33 bits per heavy atom. The lowest BCUT2D eigenvalue weighted by Crippen LogP contribution is -1.94. The lowest BCUT2D eigenvalue weighted by Gasteiger charge is -2.15. The number of hydrogen-bond acceptors (Lipinski definition) is 5. The number of aromatic hydroxyl groups is 4. The number of hydrogen-bond donors (Lipinski definition) is 4. The highest BCUT2D eigenvalue weighted by atomic mass is 16.5. The largest absolute Gasteiger partial charge is 0.504 e. The Balaban J connectivity index is 2.47. The van der Waals surface area contributed by atoms with Gasteiger partial charge in [0.2, 0.25) is 0 Å². The SMILES string of the molecule is CCc1cc(O)c(O)cc1Oc1cc(O)c(O)cc1CC. The van der Waals surface area contributed by atoms with Gasteiger partial charge in [-0.25, -0.2) is 0 Å². The summed E-state index contributed by atoms with van der Waals surface area (Å²) in [7, 11) is 0. The van der Waals surface area contributed by atoms with E-state index in [1.807, 2.05) is 13.8 Å². The average Bonchev–Trinajstić information content (AvgIpc) is 2.46. The molecule has 0 bridgehead atoms. The summed E-state index contributed by atoms with van der Waals surface area (Å²) in [5, 5.41) is 38.3. The van der Waals surface area contributed by atoms with Crippen molar-refractivity contribution in [3.8, 4) is 34.5 Å². The van der Waals surface area contributed by atoms with E-state index in [0.29, 0.717) is 24.3 Å². The molecule has 0 unspecified atom stereocenters. The summed E-state index contributed by atoms with van der Waals surface area (Å²) in [6, 6.07) is 5.54. The first-order valence-electron chi connectivity index (χ1n) is 6.73. The first-order chi connectivity index (χ1) is 9.96. The molecular formula is C16H18O5. The van der Waals surface area contributed by atoms with Gasteiger partial charge < -0.3 is 25.2 Å². The number of rotatable bonds is 4. The molecule has 2 aromatic rings. The maximum absolute atomic E-state index is 9.60. The topological polar surface area (TPSA) is 90.2 Å². The Kier molecular flexibility index (Phi) is 4.12. The Morgan fingerprint density at radius 2 is 1.00 bits per heavy atom. The molecule has 0 fully saturated rings. The fourth-order valence-corrected chi connectivity index (χ4v) is 2.06. The second kappa shape index (κ2) is 5.83. The molecule has 0 atom stereocenters. The Bertz CT molecular complexity index is 607. The summed E-state index contributed by atoms with van der Waals surface area (Å²) in [6.45, 7) is 3.79. The van der Waals surface area contributed by atoms with Crippen LogP contribution >= 0.6 is 0 Å². The third-order valence-electron chi connectivity index (χ3n) is 3.30. The minimum atomic E-state index is -0.275. The molecule has 0 aliphatic carbocycles. The highest BCUT2D eigenvalue weighted by Crippen LogP contribution is 2.39. The summed E-state index contributed by atoms with van der Waals surface area (Å²) in [5.74, 6) is -0.168. The average molecular weight is 290 g/mol. The molecule has 0 heterocycles.